The number of para-hydroxylation sites is 1. The Hall–Kier alpha value is -1.80. The number of hydrogen-bond acceptors (Lipinski definition) is 4. The van der Waals surface area contributed by atoms with E-state index in [9.17, 15) is 8.42 Å². The molecule has 0 bridgehead atoms. The van der Waals surface area contributed by atoms with Crippen LogP contribution in [0.2, 0.25) is 0 Å². The number of rotatable bonds is 9. The molecular weight excluding hydrogens is 376 g/mol. The summed E-state index contributed by atoms with van der Waals surface area (Å²) in [4.78, 5) is 4.30. The lowest BCUT2D eigenvalue weighted by Crippen LogP contribution is -2.51. The molecular formula is C20H34N4O3S. The summed E-state index contributed by atoms with van der Waals surface area (Å²) < 4.78 is 32.0. The van der Waals surface area contributed by atoms with E-state index in [0.29, 0.717) is 26.1 Å². The number of nitrogens with one attached hydrogen (secondary N) is 2. The Balaban J connectivity index is 1.78. The third kappa shape index (κ3) is 6.98. The monoisotopic (exact) mass is 410 g/mol. The van der Waals surface area contributed by atoms with Gasteiger partial charge < -0.3 is 15.4 Å². The van der Waals surface area contributed by atoms with Crippen molar-refractivity contribution in [1.29, 1.82) is 0 Å². The second-order valence-corrected chi connectivity index (χ2v) is 9.14. The Labute approximate surface area is 169 Å². The molecule has 1 unspecified atom stereocenters. The van der Waals surface area contributed by atoms with Crippen LogP contribution in [-0.4, -0.2) is 63.3 Å². The molecule has 1 aliphatic heterocycles. The number of guanidine groups is 1. The van der Waals surface area contributed by atoms with Crippen molar-refractivity contribution in [2.45, 2.75) is 51.7 Å². The number of sulfonamides is 1. The van der Waals surface area contributed by atoms with Crippen molar-refractivity contribution < 1.29 is 13.2 Å². The molecule has 1 fully saturated rings. The van der Waals surface area contributed by atoms with Gasteiger partial charge in [-0.1, -0.05) is 32.0 Å². The molecule has 2 N–H and O–H groups in total. The lowest BCUT2D eigenvalue weighted by molar-refractivity contribution is 0.199. The van der Waals surface area contributed by atoms with Crippen molar-refractivity contribution in [3.05, 3.63) is 30.3 Å². The summed E-state index contributed by atoms with van der Waals surface area (Å²) in [6.07, 6.45) is 3.14. The summed E-state index contributed by atoms with van der Waals surface area (Å²) in [6.45, 7) is 5.76. The van der Waals surface area contributed by atoms with Gasteiger partial charge in [0, 0.05) is 26.2 Å². The molecule has 0 aliphatic carbocycles. The topological polar surface area (TPSA) is 83.0 Å². The number of ether oxygens (including phenoxy) is 1. The Morgan fingerprint density at radius 3 is 2.50 bits per heavy atom. The minimum atomic E-state index is -3.10. The van der Waals surface area contributed by atoms with Crippen LogP contribution in [-0.2, 0) is 10.0 Å². The van der Waals surface area contributed by atoms with Gasteiger partial charge in [0.05, 0.1) is 12.3 Å². The van der Waals surface area contributed by atoms with Gasteiger partial charge in [0.25, 0.3) is 0 Å². The first-order valence-electron chi connectivity index (χ1n) is 10.1. The van der Waals surface area contributed by atoms with Gasteiger partial charge in [0.15, 0.2) is 5.96 Å². The van der Waals surface area contributed by atoms with Crippen molar-refractivity contribution >= 4 is 16.0 Å². The number of benzene rings is 1. The maximum atomic E-state index is 12.2. The highest BCUT2D eigenvalue weighted by Gasteiger charge is 2.27. The first-order chi connectivity index (χ1) is 13.5. The SMILES string of the molecule is CCCS(=O)(=O)N1CCC(NC(=NC)NCC(CC)Oc2ccccc2)CC1. The second-order valence-electron chi connectivity index (χ2n) is 7.05. The Morgan fingerprint density at radius 2 is 1.93 bits per heavy atom. The van der Waals surface area contributed by atoms with E-state index in [1.807, 2.05) is 37.3 Å². The first kappa shape index (κ1) is 22.5. The van der Waals surface area contributed by atoms with E-state index in [-0.39, 0.29) is 17.9 Å². The summed E-state index contributed by atoms with van der Waals surface area (Å²) in [6, 6.07) is 10.0. The molecule has 0 aromatic heterocycles. The minimum absolute atomic E-state index is 0.0435. The molecule has 1 atom stereocenters. The van der Waals surface area contributed by atoms with Crippen LogP contribution >= 0.6 is 0 Å². The third-order valence-electron chi connectivity index (χ3n) is 4.87. The van der Waals surface area contributed by atoms with Crippen LogP contribution in [0.1, 0.15) is 39.5 Å². The average Bonchev–Trinajstić information content (AvgIpc) is 2.71. The maximum absolute atomic E-state index is 12.2. The van der Waals surface area contributed by atoms with Crippen LogP contribution in [0.15, 0.2) is 35.3 Å². The van der Waals surface area contributed by atoms with Crippen LogP contribution < -0.4 is 15.4 Å². The molecule has 1 aliphatic rings. The van der Waals surface area contributed by atoms with Gasteiger partial charge in [-0.05, 0) is 37.8 Å². The highest BCUT2D eigenvalue weighted by atomic mass is 32.2. The molecule has 1 heterocycles. The first-order valence-corrected chi connectivity index (χ1v) is 11.8. The predicted molar refractivity (Wildman–Crippen MR) is 114 cm³/mol. The third-order valence-corrected chi connectivity index (χ3v) is 6.95. The van der Waals surface area contributed by atoms with E-state index in [1.54, 1.807) is 11.4 Å². The Kier molecular flexibility index (Phi) is 9.05. The van der Waals surface area contributed by atoms with E-state index in [0.717, 1.165) is 31.0 Å². The fourth-order valence-electron chi connectivity index (χ4n) is 3.22. The number of nitrogens with zero attached hydrogens (tertiary/aromatic N) is 2. The molecule has 28 heavy (non-hydrogen) atoms. The summed E-state index contributed by atoms with van der Waals surface area (Å²) in [5.74, 6) is 1.82. The molecule has 1 aromatic carbocycles. The molecule has 0 radical (unpaired) electrons. The molecule has 7 nitrogen and oxygen atoms in total. The molecule has 158 valence electrons. The lowest BCUT2D eigenvalue weighted by atomic mass is 10.1. The highest BCUT2D eigenvalue weighted by molar-refractivity contribution is 7.89. The number of piperidine rings is 1. The van der Waals surface area contributed by atoms with E-state index in [4.69, 9.17) is 4.74 Å². The minimum Gasteiger partial charge on any atom is -0.489 e. The Morgan fingerprint density at radius 1 is 1.25 bits per heavy atom. The highest BCUT2D eigenvalue weighted by Crippen LogP contribution is 2.15. The van der Waals surface area contributed by atoms with Gasteiger partial charge in [0.2, 0.25) is 10.0 Å². The van der Waals surface area contributed by atoms with Crippen molar-refractivity contribution in [1.82, 2.24) is 14.9 Å². The van der Waals surface area contributed by atoms with Gasteiger partial charge >= 0.3 is 0 Å². The standard InChI is InChI=1S/C20H34N4O3S/c1-4-15-28(25,26)24-13-11-17(12-14-24)23-20(21-3)22-16-18(5-2)27-19-9-7-6-8-10-19/h6-10,17-18H,4-5,11-16H2,1-3H3,(H2,21,22,23). The van der Waals surface area contributed by atoms with Crippen LogP contribution in [0.4, 0.5) is 0 Å². The smallest absolute Gasteiger partial charge is 0.214 e. The van der Waals surface area contributed by atoms with E-state index >= 15 is 0 Å². The largest absolute Gasteiger partial charge is 0.489 e. The van der Waals surface area contributed by atoms with Crippen LogP contribution in [0.3, 0.4) is 0 Å². The van der Waals surface area contributed by atoms with Crippen molar-refractivity contribution in [2.75, 3.05) is 32.4 Å². The molecule has 0 spiro atoms. The van der Waals surface area contributed by atoms with Gasteiger partial charge in [-0.25, -0.2) is 12.7 Å². The summed E-state index contributed by atoms with van der Waals surface area (Å²) in [5.41, 5.74) is 0. The molecule has 0 saturated carbocycles. The molecule has 1 aromatic rings. The van der Waals surface area contributed by atoms with Crippen molar-refractivity contribution in [2.24, 2.45) is 4.99 Å². The maximum Gasteiger partial charge on any atom is 0.214 e. The lowest BCUT2D eigenvalue weighted by Gasteiger charge is -2.32. The van der Waals surface area contributed by atoms with E-state index in [2.05, 4.69) is 22.5 Å². The molecule has 8 heteroatoms. The summed E-state index contributed by atoms with van der Waals surface area (Å²) >= 11 is 0. The summed E-state index contributed by atoms with van der Waals surface area (Å²) in [7, 11) is -1.36. The molecule has 0 amide bonds. The van der Waals surface area contributed by atoms with Crippen LogP contribution in [0, 0.1) is 0 Å². The normalized spacial score (nSPS) is 17.9. The second kappa shape index (κ2) is 11.3. The van der Waals surface area contributed by atoms with Crippen LogP contribution in [0.5, 0.6) is 5.75 Å². The molecule has 1 saturated heterocycles. The Bertz CT molecular complexity index is 701. The fraction of sp³-hybridized carbons (Fsp3) is 0.650. The van der Waals surface area contributed by atoms with E-state index < -0.39 is 10.0 Å². The number of aliphatic imine (C=N–C) groups is 1. The van der Waals surface area contributed by atoms with Crippen LogP contribution in [0.25, 0.3) is 0 Å². The van der Waals surface area contributed by atoms with Crippen molar-refractivity contribution in [3.63, 3.8) is 0 Å². The zero-order valence-corrected chi connectivity index (χ0v) is 18.0. The van der Waals surface area contributed by atoms with Gasteiger partial charge in [-0.15, -0.1) is 0 Å². The van der Waals surface area contributed by atoms with Gasteiger partial charge in [-0.3, -0.25) is 4.99 Å². The van der Waals surface area contributed by atoms with Crippen molar-refractivity contribution in [3.8, 4) is 5.75 Å². The number of hydrogen-bond donors (Lipinski definition) is 2. The van der Waals surface area contributed by atoms with Gasteiger partial charge in [0.1, 0.15) is 11.9 Å². The predicted octanol–water partition coefficient (Wildman–Crippen LogP) is 2.21. The quantitative estimate of drug-likeness (QED) is 0.482. The van der Waals surface area contributed by atoms with E-state index in [1.165, 1.54) is 0 Å². The fourth-order valence-corrected chi connectivity index (χ4v) is 4.77. The molecule has 2 rings (SSSR count). The zero-order valence-electron chi connectivity index (χ0n) is 17.2. The average molecular weight is 411 g/mol. The van der Waals surface area contributed by atoms with Gasteiger partial charge in [-0.2, -0.15) is 0 Å². The summed E-state index contributed by atoms with van der Waals surface area (Å²) in [5, 5.41) is 6.75. The zero-order chi connectivity index (χ0) is 20.4.